The number of ether oxygens (including phenoxy) is 2. The lowest BCUT2D eigenvalue weighted by molar-refractivity contribution is -0.119. The van der Waals surface area contributed by atoms with E-state index in [-0.39, 0.29) is 18.2 Å². The largest absolute Gasteiger partial charge is 0.493 e. The van der Waals surface area contributed by atoms with Gasteiger partial charge in [0.1, 0.15) is 0 Å². The van der Waals surface area contributed by atoms with Crippen LogP contribution in [0.15, 0.2) is 18.2 Å². The fourth-order valence-electron chi connectivity index (χ4n) is 1.49. The molecule has 0 spiro atoms. The van der Waals surface area contributed by atoms with Gasteiger partial charge in [0, 0.05) is 31.6 Å². The maximum Gasteiger partial charge on any atom is 0.226 e. The molecule has 1 aromatic rings. The summed E-state index contributed by atoms with van der Waals surface area (Å²) in [6.45, 7) is 1.72. The van der Waals surface area contributed by atoms with Gasteiger partial charge in [0.25, 0.3) is 0 Å². The number of benzene rings is 1. The third kappa shape index (κ3) is 4.87. The first kappa shape index (κ1) is 14.8. The van der Waals surface area contributed by atoms with Crippen molar-refractivity contribution in [2.75, 3.05) is 26.1 Å². The summed E-state index contributed by atoms with van der Waals surface area (Å²) in [6, 6.07) is 5.11. The van der Waals surface area contributed by atoms with Crippen LogP contribution in [0.1, 0.15) is 13.3 Å². The number of hydrogen-bond acceptors (Lipinski definition) is 4. The first-order chi connectivity index (χ1) is 9.06. The van der Waals surface area contributed by atoms with Crippen LogP contribution in [-0.4, -0.2) is 32.6 Å². The molecular weight excluding hydrogens is 248 g/mol. The molecule has 1 aromatic carbocycles. The molecule has 0 aliphatic carbocycles. The van der Waals surface area contributed by atoms with Crippen LogP contribution in [0.2, 0.25) is 0 Å². The molecule has 0 saturated heterocycles. The van der Waals surface area contributed by atoms with E-state index in [0.29, 0.717) is 23.7 Å². The Kier molecular flexibility index (Phi) is 5.66. The first-order valence-corrected chi connectivity index (χ1v) is 5.83. The Labute approximate surface area is 112 Å². The summed E-state index contributed by atoms with van der Waals surface area (Å²) in [7, 11) is 3.07. The molecule has 0 bridgehead atoms. The zero-order chi connectivity index (χ0) is 14.3. The normalized spacial score (nSPS) is 9.63. The highest BCUT2D eigenvalue weighted by molar-refractivity contribution is 5.91. The highest BCUT2D eigenvalue weighted by Crippen LogP contribution is 2.29. The van der Waals surface area contributed by atoms with Gasteiger partial charge in [-0.3, -0.25) is 9.59 Å². The van der Waals surface area contributed by atoms with Crippen molar-refractivity contribution in [1.29, 1.82) is 0 Å². The molecule has 2 N–H and O–H groups in total. The molecule has 0 aliphatic heterocycles. The monoisotopic (exact) mass is 266 g/mol. The number of nitrogens with one attached hydrogen (secondary N) is 2. The molecule has 0 heterocycles. The molecule has 0 aliphatic rings. The molecule has 6 heteroatoms. The third-order valence-corrected chi connectivity index (χ3v) is 2.39. The molecular formula is C13H18N2O4. The Morgan fingerprint density at radius 2 is 1.84 bits per heavy atom. The summed E-state index contributed by atoms with van der Waals surface area (Å²) in [6.07, 6.45) is 0.216. The smallest absolute Gasteiger partial charge is 0.226 e. The van der Waals surface area contributed by atoms with E-state index in [1.165, 1.54) is 14.0 Å². The van der Waals surface area contributed by atoms with Crippen molar-refractivity contribution in [1.82, 2.24) is 5.32 Å². The van der Waals surface area contributed by atoms with Gasteiger partial charge in [0.05, 0.1) is 14.2 Å². The van der Waals surface area contributed by atoms with Gasteiger partial charge in [-0.05, 0) is 12.1 Å². The fourth-order valence-corrected chi connectivity index (χ4v) is 1.49. The molecule has 0 aromatic heterocycles. The van der Waals surface area contributed by atoms with Crippen LogP contribution < -0.4 is 20.1 Å². The van der Waals surface area contributed by atoms with Crippen molar-refractivity contribution in [2.45, 2.75) is 13.3 Å². The molecule has 2 amide bonds. The second-order valence-electron chi connectivity index (χ2n) is 3.85. The van der Waals surface area contributed by atoms with Gasteiger partial charge in [-0.15, -0.1) is 0 Å². The zero-order valence-corrected chi connectivity index (χ0v) is 11.3. The van der Waals surface area contributed by atoms with Crippen LogP contribution in [0.5, 0.6) is 11.5 Å². The molecule has 0 unspecified atom stereocenters. The second kappa shape index (κ2) is 7.25. The highest BCUT2D eigenvalue weighted by atomic mass is 16.5. The number of hydrogen-bond donors (Lipinski definition) is 2. The zero-order valence-electron chi connectivity index (χ0n) is 11.3. The topological polar surface area (TPSA) is 76.7 Å². The Balaban J connectivity index is 2.57. The van der Waals surface area contributed by atoms with E-state index in [2.05, 4.69) is 10.6 Å². The molecule has 0 fully saturated rings. The predicted molar refractivity (Wildman–Crippen MR) is 71.5 cm³/mol. The SMILES string of the molecule is COc1ccc(NC(=O)CCNC(C)=O)cc1OC. The summed E-state index contributed by atoms with van der Waals surface area (Å²) in [5, 5.41) is 5.27. The van der Waals surface area contributed by atoms with Gasteiger partial charge in [0.15, 0.2) is 11.5 Å². The number of rotatable bonds is 6. The lowest BCUT2D eigenvalue weighted by Crippen LogP contribution is -2.25. The van der Waals surface area contributed by atoms with Crippen LogP contribution in [0, 0.1) is 0 Å². The number of methoxy groups -OCH3 is 2. The Morgan fingerprint density at radius 3 is 2.42 bits per heavy atom. The van der Waals surface area contributed by atoms with E-state index in [9.17, 15) is 9.59 Å². The third-order valence-electron chi connectivity index (χ3n) is 2.39. The van der Waals surface area contributed by atoms with E-state index in [1.54, 1.807) is 25.3 Å². The van der Waals surface area contributed by atoms with Crippen molar-refractivity contribution in [3.63, 3.8) is 0 Å². The summed E-state index contributed by atoms with van der Waals surface area (Å²) in [5.74, 6) is 0.806. The van der Waals surface area contributed by atoms with E-state index in [1.807, 2.05) is 0 Å². The molecule has 0 radical (unpaired) electrons. The molecule has 19 heavy (non-hydrogen) atoms. The van der Waals surface area contributed by atoms with Gasteiger partial charge < -0.3 is 20.1 Å². The molecule has 1 rings (SSSR count). The predicted octanol–water partition coefficient (Wildman–Crippen LogP) is 1.17. The molecule has 0 saturated carbocycles. The average molecular weight is 266 g/mol. The standard InChI is InChI=1S/C13H18N2O4/c1-9(16)14-7-6-13(17)15-10-4-5-11(18-2)12(8-10)19-3/h4-5,8H,6-7H2,1-3H3,(H,14,16)(H,15,17). The van der Waals surface area contributed by atoms with Gasteiger partial charge in [-0.25, -0.2) is 0 Å². The van der Waals surface area contributed by atoms with Crippen LogP contribution in [-0.2, 0) is 9.59 Å². The minimum absolute atomic E-state index is 0.154. The lowest BCUT2D eigenvalue weighted by atomic mass is 10.2. The maximum absolute atomic E-state index is 11.6. The van der Waals surface area contributed by atoms with Gasteiger partial charge >= 0.3 is 0 Å². The summed E-state index contributed by atoms with van der Waals surface area (Å²) >= 11 is 0. The first-order valence-electron chi connectivity index (χ1n) is 5.83. The van der Waals surface area contributed by atoms with Crippen LogP contribution >= 0.6 is 0 Å². The Morgan fingerprint density at radius 1 is 1.16 bits per heavy atom. The van der Waals surface area contributed by atoms with Gasteiger partial charge in [-0.2, -0.15) is 0 Å². The summed E-state index contributed by atoms with van der Waals surface area (Å²) in [5.41, 5.74) is 0.616. The van der Waals surface area contributed by atoms with Crippen molar-refractivity contribution in [2.24, 2.45) is 0 Å². The maximum atomic E-state index is 11.6. The molecule has 104 valence electrons. The van der Waals surface area contributed by atoms with E-state index < -0.39 is 0 Å². The Hall–Kier alpha value is -2.24. The highest BCUT2D eigenvalue weighted by Gasteiger charge is 2.07. The quantitative estimate of drug-likeness (QED) is 0.810. The average Bonchev–Trinajstić information content (AvgIpc) is 2.38. The van der Waals surface area contributed by atoms with Gasteiger partial charge in [0.2, 0.25) is 11.8 Å². The summed E-state index contributed by atoms with van der Waals surface area (Å²) in [4.78, 5) is 22.3. The lowest BCUT2D eigenvalue weighted by Gasteiger charge is -2.10. The van der Waals surface area contributed by atoms with Gasteiger partial charge in [-0.1, -0.05) is 0 Å². The number of anilines is 1. The van der Waals surface area contributed by atoms with Crippen molar-refractivity contribution < 1.29 is 19.1 Å². The summed E-state index contributed by atoms with van der Waals surface area (Å²) < 4.78 is 10.2. The van der Waals surface area contributed by atoms with E-state index in [0.717, 1.165) is 0 Å². The minimum Gasteiger partial charge on any atom is -0.493 e. The number of carbonyl (C=O) groups is 2. The molecule has 6 nitrogen and oxygen atoms in total. The van der Waals surface area contributed by atoms with Crippen molar-refractivity contribution in [3.8, 4) is 11.5 Å². The van der Waals surface area contributed by atoms with Crippen molar-refractivity contribution >= 4 is 17.5 Å². The van der Waals surface area contributed by atoms with E-state index >= 15 is 0 Å². The van der Waals surface area contributed by atoms with E-state index in [4.69, 9.17) is 9.47 Å². The van der Waals surface area contributed by atoms with Crippen LogP contribution in [0.25, 0.3) is 0 Å². The second-order valence-corrected chi connectivity index (χ2v) is 3.85. The molecule has 0 atom stereocenters. The Bertz CT molecular complexity index is 460. The number of amides is 2. The fraction of sp³-hybridized carbons (Fsp3) is 0.385. The number of carbonyl (C=O) groups excluding carboxylic acids is 2. The van der Waals surface area contributed by atoms with Crippen molar-refractivity contribution in [3.05, 3.63) is 18.2 Å². The minimum atomic E-state index is -0.180. The van der Waals surface area contributed by atoms with Crippen LogP contribution in [0.4, 0.5) is 5.69 Å². The van der Waals surface area contributed by atoms with Crippen LogP contribution in [0.3, 0.4) is 0 Å².